The summed E-state index contributed by atoms with van der Waals surface area (Å²) in [6.45, 7) is 1.08. The quantitative estimate of drug-likeness (QED) is 0.188. The standard InChI is InChI=1S/C27H19F6NO6S/c1-15-10-18(8-9-21(15)38-14-23(35)36)37-13-22-34-24(16-4-2-6-19(11-16)39-26(28,29)30)25(41-22)17-5-3-7-20(12-17)40-27(31,32)33/h2-12H,13-14H2,1H3,(H,35,36). The first kappa shape index (κ1) is 29.5. The van der Waals surface area contributed by atoms with Crippen molar-refractivity contribution in [3.8, 4) is 44.7 Å². The number of nitrogens with zero attached hydrogens (tertiary/aromatic N) is 1. The second-order valence-corrected chi connectivity index (χ2v) is 9.42. The number of benzene rings is 3. The topological polar surface area (TPSA) is 87.1 Å². The maximum Gasteiger partial charge on any atom is 0.573 e. The number of carboxylic acids is 1. The Morgan fingerprint density at radius 3 is 2.02 bits per heavy atom. The maximum absolute atomic E-state index is 12.8. The summed E-state index contributed by atoms with van der Waals surface area (Å²) in [7, 11) is 0. The molecule has 0 fully saturated rings. The smallest absolute Gasteiger partial charge is 0.486 e. The number of hydrogen-bond donors (Lipinski definition) is 1. The predicted octanol–water partition coefficient (Wildman–Crippen LogP) is 7.63. The van der Waals surface area contributed by atoms with Crippen molar-refractivity contribution in [3.63, 3.8) is 0 Å². The molecule has 0 aliphatic heterocycles. The molecule has 0 radical (unpaired) electrons. The third-order valence-electron chi connectivity index (χ3n) is 5.20. The Morgan fingerprint density at radius 2 is 1.44 bits per heavy atom. The van der Waals surface area contributed by atoms with Gasteiger partial charge < -0.3 is 24.1 Å². The van der Waals surface area contributed by atoms with E-state index in [1.165, 1.54) is 30.3 Å². The summed E-state index contributed by atoms with van der Waals surface area (Å²) in [5.74, 6) is -1.38. The highest BCUT2D eigenvalue weighted by Crippen LogP contribution is 2.40. The number of hydrogen-bond acceptors (Lipinski definition) is 7. The Hall–Kier alpha value is -4.46. The van der Waals surface area contributed by atoms with Gasteiger partial charge in [0.25, 0.3) is 0 Å². The fourth-order valence-corrected chi connectivity index (χ4v) is 4.65. The summed E-state index contributed by atoms with van der Waals surface area (Å²) in [6.07, 6.45) is -9.86. The number of aryl methyl sites for hydroxylation is 1. The fourth-order valence-electron chi connectivity index (χ4n) is 3.65. The van der Waals surface area contributed by atoms with Crippen LogP contribution in [0, 0.1) is 6.92 Å². The first-order chi connectivity index (χ1) is 19.3. The van der Waals surface area contributed by atoms with Crippen molar-refractivity contribution < 1.29 is 55.2 Å². The van der Waals surface area contributed by atoms with E-state index in [4.69, 9.17) is 14.6 Å². The van der Waals surface area contributed by atoms with E-state index in [1.54, 1.807) is 19.1 Å². The summed E-state index contributed by atoms with van der Waals surface area (Å²) >= 11 is 1.07. The van der Waals surface area contributed by atoms with Crippen molar-refractivity contribution >= 4 is 17.3 Å². The average molecular weight is 600 g/mol. The van der Waals surface area contributed by atoms with Gasteiger partial charge in [0.05, 0.1) is 10.6 Å². The molecule has 0 unspecified atom stereocenters. The molecule has 4 aromatic rings. The second kappa shape index (κ2) is 12.0. The van der Waals surface area contributed by atoms with E-state index in [0.717, 1.165) is 35.6 Å². The first-order valence-electron chi connectivity index (χ1n) is 11.6. The van der Waals surface area contributed by atoms with Gasteiger partial charge in [-0.2, -0.15) is 0 Å². The highest BCUT2D eigenvalue weighted by Gasteiger charge is 2.32. The number of carbonyl (C=O) groups is 1. The van der Waals surface area contributed by atoms with Crippen molar-refractivity contribution in [1.29, 1.82) is 0 Å². The van der Waals surface area contributed by atoms with Gasteiger partial charge in [0.2, 0.25) is 0 Å². The van der Waals surface area contributed by atoms with Gasteiger partial charge in [-0.3, -0.25) is 0 Å². The zero-order valence-corrected chi connectivity index (χ0v) is 21.7. The molecule has 0 amide bonds. The van der Waals surface area contributed by atoms with E-state index in [9.17, 15) is 31.1 Å². The van der Waals surface area contributed by atoms with E-state index in [-0.39, 0.29) is 23.4 Å². The summed E-state index contributed by atoms with van der Waals surface area (Å²) < 4.78 is 95.9. The number of rotatable bonds is 10. The molecule has 0 saturated heterocycles. The van der Waals surface area contributed by atoms with Gasteiger partial charge in [-0.25, -0.2) is 9.78 Å². The normalized spacial score (nSPS) is 11.7. The van der Waals surface area contributed by atoms with Crippen LogP contribution in [0.15, 0.2) is 66.7 Å². The third-order valence-corrected chi connectivity index (χ3v) is 6.28. The molecule has 1 aromatic heterocycles. The maximum atomic E-state index is 12.8. The van der Waals surface area contributed by atoms with Crippen LogP contribution in [0.4, 0.5) is 26.3 Å². The molecule has 0 saturated carbocycles. The van der Waals surface area contributed by atoms with E-state index in [1.807, 2.05) is 0 Å². The molecule has 41 heavy (non-hydrogen) atoms. The van der Waals surface area contributed by atoms with E-state index in [2.05, 4.69) is 14.5 Å². The van der Waals surface area contributed by atoms with Crippen molar-refractivity contribution in [2.24, 2.45) is 0 Å². The largest absolute Gasteiger partial charge is 0.573 e. The van der Waals surface area contributed by atoms with Gasteiger partial charge >= 0.3 is 18.7 Å². The number of thiazole rings is 1. The minimum Gasteiger partial charge on any atom is -0.486 e. The van der Waals surface area contributed by atoms with Gasteiger partial charge in [-0.05, 0) is 60.5 Å². The lowest BCUT2D eigenvalue weighted by atomic mass is 10.1. The lowest BCUT2D eigenvalue weighted by Crippen LogP contribution is -2.17. The monoisotopic (exact) mass is 599 g/mol. The summed E-state index contributed by atoms with van der Waals surface area (Å²) in [6, 6.07) is 14.9. The van der Waals surface area contributed by atoms with Gasteiger partial charge in [0, 0.05) is 5.56 Å². The Labute approximate surface area is 232 Å². The molecular formula is C27H19F6NO6S. The van der Waals surface area contributed by atoms with E-state index >= 15 is 0 Å². The molecule has 0 aliphatic rings. The molecule has 0 bridgehead atoms. The molecule has 7 nitrogen and oxygen atoms in total. The van der Waals surface area contributed by atoms with E-state index < -0.39 is 36.8 Å². The molecule has 0 atom stereocenters. The molecule has 0 spiro atoms. The number of halogens is 6. The molecule has 216 valence electrons. The average Bonchev–Trinajstić information content (AvgIpc) is 3.30. The van der Waals surface area contributed by atoms with Crippen LogP contribution in [0.25, 0.3) is 21.7 Å². The fraction of sp³-hybridized carbons (Fsp3) is 0.185. The Kier molecular flexibility index (Phi) is 8.61. The van der Waals surface area contributed by atoms with Gasteiger partial charge in [-0.15, -0.1) is 37.7 Å². The van der Waals surface area contributed by atoms with Crippen LogP contribution < -0.4 is 18.9 Å². The molecule has 3 aromatic carbocycles. The third kappa shape index (κ3) is 8.51. The van der Waals surface area contributed by atoms with Crippen LogP contribution in [-0.4, -0.2) is 35.4 Å². The second-order valence-electron chi connectivity index (χ2n) is 8.33. The highest BCUT2D eigenvalue weighted by molar-refractivity contribution is 7.15. The van der Waals surface area contributed by atoms with Crippen molar-refractivity contribution in [2.45, 2.75) is 26.3 Å². The molecule has 1 heterocycles. The molecule has 0 aliphatic carbocycles. The molecular weight excluding hydrogens is 580 g/mol. The number of aliphatic carboxylic acids is 1. The number of aromatic nitrogens is 1. The number of alkyl halides is 6. The lowest BCUT2D eigenvalue weighted by molar-refractivity contribution is -0.275. The Balaban J connectivity index is 1.66. The first-order valence-corrected chi connectivity index (χ1v) is 12.4. The Bertz CT molecular complexity index is 1460. The van der Waals surface area contributed by atoms with Crippen LogP contribution in [0.3, 0.4) is 0 Å². The summed E-state index contributed by atoms with van der Waals surface area (Å²) in [5, 5.41) is 9.14. The van der Waals surface area contributed by atoms with Crippen LogP contribution in [0.1, 0.15) is 10.6 Å². The van der Waals surface area contributed by atoms with Crippen molar-refractivity contribution in [1.82, 2.24) is 4.98 Å². The van der Waals surface area contributed by atoms with Gasteiger partial charge in [0.1, 0.15) is 34.6 Å². The minimum atomic E-state index is -4.93. The summed E-state index contributed by atoms with van der Waals surface area (Å²) in [4.78, 5) is 15.6. The van der Waals surface area contributed by atoms with Crippen LogP contribution in [0.5, 0.6) is 23.0 Å². The van der Waals surface area contributed by atoms with Crippen molar-refractivity contribution in [2.75, 3.05) is 6.61 Å². The number of ether oxygens (including phenoxy) is 4. The minimum absolute atomic E-state index is 0.0933. The number of carboxylic acid groups (broad SMARTS) is 1. The van der Waals surface area contributed by atoms with Gasteiger partial charge in [0.15, 0.2) is 6.61 Å². The van der Waals surface area contributed by atoms with E-state index in [0.29, 0.717) is 26.9 Å². The molecule has 4 rings (SSSR count). The van der Waals surface area contributed by atoms with Crippen LogP contribution in [0.2, 0.25) is 0 Å². The predicted molar refractivity (Wildman–Crippen MR) is 135 cm³/mol. The highest BCUT2D eigenvalue weighted by atomic mass is 32.1. The van der Waals surface area contributed by atoms with Gasteiger partial charge in [-0.1, -0.05) is 24.3 Å². The molecule has 1 N–H and O–H groups in total. The zero-order valence-electron chi connectivity index (χ0n) is 20.9. The summed E-state index contributed by atoms with van der Waals surface area (Å²) in [5.41, 5.74) is 1.30. The zero-order chi connectivity index (χ0) is 29.8. The van der Waals surface area contributed by atoms with Crippen LogP contribution >= 0.6 is 11.3 Å². The molecule has 14 heteroatoms. The lowest BCUT2D eigenvalue weighted by Gasteiger charge is -2.11. The van der Waals surface area contributed by atoms with Crippen molar-refractivity contribution in [3.05, 3.63) is 77.3 Å². The SMILES string of the molecule is Cc1cc(OCc2nc(-c3cccc(OC(F)(F)F)c3)c(-c3cccc(OC(F)(F)F)c3)s2)ccc1OCC(=O)O. The Morgan fingerprint density at radius 1 is 0.829 bits per heavy atom. The van der Waals surface area contributed by atoms with Crippen LogP contribution in [-0.2, 0) is 11.4 Å².